The topological polar surface area (TPSA) is 100 Å². The molecule has 2 aromatic rings. The molecule has 1 aromatic heterocycles. The second-order valence-corrected chi connectivity index (χ2v) is 7.98. The van der Waals surface area contributed by atoms with Crippen LogP contribution < -0.4 is 4.74 Å². The number of nitrogens with zero attached hydrogens (tertiary/aromatic N) is 7. The van der Waals surface area contributed by atoms with Crippen LogP contribution in [0.5, 0.6) is 5.75 Å². The average molecular weight is 454 g/mol. The Hall–Kier alpha value is -3.58. The zero-order chi connectivity index (χ0) is 23.8. The number of allylic oxidation sites excluding steroid dienone is 3. The van der Waals surface area contributed by atoms with E-state index < -0.39 is 5.82 Å². The van der Waals surface area contributed by atoms with Crippen molar-refractivity contribution >= 4 is 11.6 Å². The van der Waals surface area contributed by atoms with Gasteiger partial charge in [-0.15, -0.1) is 5.10 Å². The number of amides is 1. The summed E-state index contributed by atoms with van der Waals surface area (Å²) in [4.78, 5) is 16.8. The molecule has 0 saturated carbocycles. The van der Waals surface area contributed by atoms with Crippen LogP contribution in [0, 0.1) is 17.1 Å². The fraction of sp³-hybridized carbons (Fsp3) is 0.435. The van der Waals surface area contributed by atoms with Crippen LogP contribution in [0.1, 0.15) is 31.4 Å². The average Bonchev–Trinajstić information content (AvgIpc) is 3.37. The number of carbonyl (C=O) groups is 1. The molecule has 1 amide bonds. The molecule has 3 rings (SSSR count). The number of aromatic nitrogens is 4. The Bertz CT molecular complexity index is 1070. The summed E-state index contributed by atoms with van der Waals surface area (Å²) in [6.45, 7) is 7.43. The van der Waals surface area contributed by atoms with E-state index in [9.17, 15) is 9.18 Å². The van der Waals surface area contributed by atoms with Crippen molar-refractivity contribution in [3.8, 4) is 11.8 Å². The van der Waals surface area contributed by atoms with Crippen molar-refractivity contribution in [1.29, 1.82) is 5.26 Å². The highest BCUT2D eigenvalue weighted by Gasteiger charge is 2.21. The van der Waals surface area contributed by atoms with E-state index in [-0.39, 0.29) is 11.5 Å². The zero-order valence-electron chi connectivity index (χ0n) is 19.2. The third-order valence-corrected chi connectivity index (χ3v) is 5.66. The number of carbonyl (C=O) groups excluding carboxylic acids is 1. The van der Waals surface area contributed by atoms with Crippen LogP contribution in [0.3, 0.4) is 0 Å². The quantitative estimate of drug-likeness (QED) is 0.565. The van der Waals surface area contributed by atoms with Crippen molar-refractivity contribution < 1.29 is 13.9 Å². The van der Waals surface area contributed by atoms with E-state index in [1.807, 2.05) is 37.0 Å². The van der Waals surface area contributed by atoms with Gasteiger partial charge in [-0.1, -0.05) is 11.6 Å². The maximum absolute atomic E-state index is 13.8. The molecule has 1 saturated heterocycles. The fourth-order valence-corrected chi connectivity index (χ4v) is 3.64. The molecule has 0 spiro atoms. The first-order valence-electron chi connectivity index (χ1n) is 10.7. The first-order valence-corrected chi connectivity index (χ1v) is 10.7. The number of hydrogen-bond donors (Lipinski definition) is 0. The molecule has 2 heterocycles. The number of halogens is 1. The molecule has 174 valence electrons. The van der Waals surface area contributed by atoms with Crippen LogP contribution in [0.4, 0.5) is 4.39 Å². The maximum atomic E-state index is 13.8. The lowest BCUT2D eigenvalue weighted by Gasteiger charge is -2.35. The largest absolute Gasteiger partial charge is 0.496 e. The van der Waals surface area contributed by atoms with E-state index in [4.69, 9.17) is 10.00 Å². The van der Waals surface area contributed by atoms with E-state index in [0.29, 0.717) is 31.7 Å². The zero-order valence-corrected chi connectivity index (χ0v) is 19.2. The van der Waals surface area contributed by atoms with Crippen molar-refractivity contribution in [3.05, 3.63) is 53.1 Å². The molecule has 1 aromatic carbocycles. The standard InChI is InChI=1S/C23H28FN7O2/c1-17(4-5-18(2)31-16-26-27-28-31)12-23(32)30-10-8-29(9-11-30)7-6-19-13-20(15-25)21(24)14-22(19)33-3/h4-5,13-14,16H,6-12H2,1-3H3. The SMILES string of the molecule is COc1cc(F)c(C#N)cc1CCN1CCN(C(=O)CC(C)=CC=C(C)n2cnnn2)CC1. The number of benzene rings is 1. The minimum Gasteiger partial charge on any atom is -0.496 e. The Kier molecular flexibility index (Phi) is 8.27. The second-order valence-electron chi connectivity index (χ2n) is 7.98. The monoisotopic (exact) mass is 453 g/mol. The van der Waals surface area contributed by atoms with Crippen LogP contribution >= 0.6 is 0 Å². The number of methoxy groups -OCH3 is 1. The number of ether oxygens (including phenoxy) is 1. The summed E-state index contributed by atoms with van der Waals surface area (Å²) in [5.41, 5.74) is 2.65. The van der Waals surface area contributed by atoms with Crippen LogP contribution in [-0.4, -0.2) is 75.7 Å². The van der Waals surface area contributed by atoms with Gasteiger partial charge in [0.25, 0.3) is 0 Å². The number of piperazine rings is 1. The van der Waals surface area contributed by atoms with E-state index in [1.54, 1.807) is 10.7 Å². The molecular formula is C23H28FN7O2. The summed E-state index contributed by atoms with van der Waals surface area (Å²) >= 11 is 0. The summed E-state index contributed by atoms with van der Waals surface area (Å²) < 4.78 is 20.6. The molecule has 0 aliphatic carbocycles. The Labute approximate surface area is 192 Å². The summed E-state index contributed by atoms with van der Waals surface area (Å²) in [6, 6.07) is 4.69. The summed E-state index contributed by atoms with van der Waals surface area (Å²) in [5.74, 6) is -0.0155. The van der Waals surface area contributed by atoms with Gasteiger partial charge in [-0.2, -0.15) is 5.26 Å². The smallest absolute Gasteiger partial charge is 0.226 e. The van der Waals surface area contributed by atoms with Crippen molar-refractivity contribution in [3.63, 3.8) is 0 Å². The third kappa shape index (κ3) is 6.46. The molecule has 10 heteroatoms. The lowest BCUT2D eigenvalue weighted by atomic mass is 10.1. The van der Waals surface area contributed by atoms with E-state index >= 15 is 0 Å². The van der Waals surface area contributed by atoms with Gasteiger partial charge in [0.2, 0.25) is 5.91 Å². The van der Waals surface area contributed by atoms with Crippen LogP contribution in [0.25, 0.3) is 5.70 Å². The maximum Gasteiger partial charge on any atom is 0.226 e. The van der Waals surface area contributed by atoms with Gasteiger partial charge in [0.05, 0.1) is 12.7 Å². The molecule has 0 bridgehead atoms. The lowest BCUT2D eigenvalue weighted by molar-refractivity contribution is -0.132. The molecule has 0 unspecified atom stereocenters. The molecule has 9 nitrogen and oxygen atoms in total. The minimum atomic E-state index is -0.573. The van der Waals surface area contributed by atoms with Crippen molar-refractivity contribution in [1.82, 2.24) is 30.0 Å². The van der Waals surface area contributed by atoms with Crippen molar-refractivity contribution in [2.45, 2.75) is 26.7 Å². The van der Waals surface area contributed by atoms with Gasteiger partial charge in [-0.05, 0) is 48.4 Å². The summed E-state index contributed by atoms with van der Waals surface area (Å²) in [5, 5.41) is 20.1. The van der Waals surface area contributed by atoms with Gasteiger partial charge in [-0.25, -0.2) is 9.07 Å². The van der Waals surface area contributed by atoms with Crippen LogP contribution in [0.2, 0.25) is 0 Å². The van der Waals surface area contributed by atoms with Crippen molar-refractivity contribution in [2.75, 3.05) is 39.8 Å². The molecule has 0 radical (unpaired) electrons. The van der Waals surface area contributed by atoms with Crippen molar-refractivity contribution in [2.24, 2.45) is 0 Å². The Balaban J connectivity index is 1.48. The van der Waals surface area contributed by atoms with E-state index in [1.165, 1.54) is 19.5 Å². The molecule has 33 heavy (non-hydrogen) atoms. The highest BCUT2D eigenvalue weighted by atomic mass is 19.1. The number of hydrogen-bond acceptors (Lipinski definition) is 7. The van der Waals surface area contributed by atoms with Crippen LogP contribution in [0.15, 0.2) is 36.2 Å². The van der Waals surface area contributed by atoms with E-state index in [2.05, 4.69) is 20.4 Å². The molecule has 0 N–H and O–H groups in total. The molecule has 1 aliphatic rings. The predicted octanol–water partition coefficient (Wildman–Crippen LogP) is 2.28. The fourth-order valence-electron chi connectivity index (χ4n) is 3.64. The first-order chi connectivity index (χ1) is 15.9. The second kappa shape index (κ2) is 11.3. The van der Waals surface area contributed by atoms with Gasteiger partial charge in [0.1, 0.15) is 24.0 Å². The molecule has 0 atom stereocenters. The highest BCUT2D eigenvalue weighted by molar-refractivity contribution is 5.78. The van der Waals surface area contributed by atoms with Gasteiger partial charge in [0.15, 0.2) is 0 Å². The lowest BCUT2D eigenvalue weighted by Crippen LogP contribution is -2.49. The molecule has 1 fully saturated rings. The third-order valence-electron chi connectivity index (χ3n) is 5.66. The number of nitriles is 1. The Morgan fingerprint density at radius 3 is 2.64 bits per heavy atom. The predicted molar refractivity (Wildman–Crippen MR) is 121 cm³/mol. The minimum absolute atomic E-state index is 0.0210. The molecule has 1 aliphatic heterocycles. The molecular weight excluding hydrogens is 425 g/mol. The van der Waals surface area contributed by atoms with Crippen LogP contribution in [-0.2, 0) is 11.2 Å². The first kappa shape index (κ1) is 24.1. The number of rotatable bonds is 8. The highest BCUT2D eigenvalue weighted by Crippen LogP contribution is 2.23. The van der Waals surface area contributed by atoms with Gasteiger partial charge in [-0.3, -0.25) is 9.69 Å². The summed E-state index contributed by atoms with van der Waals surface area (Å²) in [7, 11) is 1.49. The van der Waals surface area contributed by atoms with Gasteiger partial charge >= 0.3 is 0 Å². The normalized spacial score (nSPS) is 15.4. The Morgan fingerprint density at radius 2 is 2.00 bits per heavy atom. The number of tetrazole rings is 1. The van der Waals surface area contributed by atoms with E-state index in [0.717, 1.165) is 36.5 Å². The summed E-state index contributed by atoms with van der Waals surface area (Å²) in [6.07, 6.45) is 6.33. The Morgan fingerprint density at radius 1 is 1.24 bits per heavy atom. The van der Waals surface area contributed by atoms with Gasteiger partial charge in [0, 0.05) is 50.9 Å². The van der Waals surface area contributed by atoms with Gasteiger partial charge < -0.3 is 9.64 Å².